The van der Waals surface area contributed by atoms with Crippen LogP contribution in [0.1, 0.15) is 66.7 Å². The first-order chi connectivity index (χ1) is 10.2. The second-order valence-corrected chi connectivity index (χ2v) is 8.00. The maximum Gasteiger partial charge on any atom is 0.410 e. The van der Waals surface area contributed by atoms with Gasteiger partial charge in [0.25, 0.3) is 0 Å². The molecule has 1 rings (SSSR count). The summed E-state index contributed by atoms with van der Waals surface area (Å²) in [5.41, 5.74) is -0.426. The molecule has 0 aromatic carbocycles. The van der Waals surface area contributed by atoms with Gasteiger partial charge in [0, 0.05) is 19.6 Å². The number of carbonyl (C=O) groups excluding carboxylic acids is 1. The average Bonchev–Trinajstić information content (AvgIpc) is 2.43. The quantitative estimate of drug-likeness (QED) is 0.804. The summed E-state index contributed by atoms with van der Waals surface area (Å²) in [5, 5.41) is 3.68. The zero-order valence-electron chi connectivity index (χ0n) is 15.4. The Labute approximate surface area is 137 Å². The largest absolute Gasteiger partial charge is 0.444 e. The van der Waals surface area contributed by atoms with Crippen molar-refractivity contribution in [2.75, 3.05) is 20.1 Å². The fourth-order valence-electron chi connectivity index (χ4n) is 3.09. The van der Waals surface area contributed by atoms with E-state index in [2.05, 4.69) is 19.2 Å². The number of nitrogens with one attached hydrogen (secondary N) is 1. The number of carbonyl (C=O) groups is 1. The predicted molar refractivity (Wildman–Crippen MR) is 92.1 cm³/mol. The number of amides is 1. The van der Waals surface area contributed by atoms with E-state index in [1.54, 1.807) is 4.90 Å². The van der Waals surface area contributed by atoms with E-state index in [-0.39, 0.29) is 6.09 Å². The molecule has 1 unspecified atom stereocenters. The zero-order chi connectivity index (χ0) is 16.8. The first kappa shape index (κ1) is 19.3. The highest BCUT2D eigenvalue weighted by Gasteiger charge is 2.22. The number of nitrogens with zero attached hydrogens (tertiary/aromatic N) is 1. The van der Waals surface area contributed by atoms with Crippen LogP contribution < -0.4 is 5.32 Å². The lowest BCUT2D eigenvalue weighted by atomic mass is 9.84. The molecular formula is C18H36N2O2. The second kappa shape index (κ2) is 8.76. The standard InChI is InChI=1S/C18H36N2O2/c1-7-15-8-10-16(11-9-15)19-12-14(2)13-20(6)17(21)22-18(3,4)5/h14-16,19H,7-13H2,1-6H3. The summed E-state index contributed by atoms with van der Waals surface area (Å²) in [7, 11) is 1.82. The molecule has 1 aliphatic rings. The van der Waals surface area contributed by atoms with Crippen LogP contribution in [0.3, 0.4) is 0 Å². The van der Waals surface area contributed by atoms with Gasteiger partial charge in [0.2, 0.25) is 0 Å². The van der Waals surface area contributed by atoms with Crippen molar-refractivity contribution in [2.45, 2.75) is 78.4 Å². The Morgan fingerprint density at radius 3 is 2.36 bits per heavy atom. The summed E-state index contributed by atoms with van der Waals surface area (Å²) in [6.07, 6.45) is 6.41. The zero-order valence-corrected chi connectivity index (χ0v) is 15.4. The molecule has 0 spiro atoms. The van der Waals surface area contributed by atoms with E-state index in [9.17, 15) is 4.79 Å². The van der Waals surface area contributed by atoms with Crippen LogP contribution in [-0.2, 0) is 4.74 Å². The lowest BCUT2D eigenvalue weighted by molar-refractivity contribution is 0.0276. The number of rotatable bonds is 6. The van der Waals surface area contributed by atoms with Crippen LogP contribution in [0.15, 0.2) is 0 Å². The average molecular weight is 312 g/mol. The second-order valence-electron chi connectivity index (χ2n) is 8.00. The van der Waals surface area contributed by atoms with Crippen LogP contribution in [0, 0.1) is 11.8 Å². The van der Waals surface area contributed by atoms with Crippen LogP contribution in [0.5, 0.6) is 0 Å². The van der Waals surface area contributed by atoms with Crippen LogP contribution in [-0.4, -0.2) is 42.8 Å². The van der Waals surface area contributed by atoms with Gasteiger partial charge in [-0.2, -0.15) is 0 Å². The number of hydrogen-bond donors (Lipinski definition) is 1. The Balaban J connectivity index is 2.23. The Bertz CT molecular complexity index is 330. The van der Waals surface area contributed by atoms with Crippen molar-refractivity contribution in [3.63, 3.8) is 0 Å². The van der Waals surface area contributed by atoms with Crippen molar-refractivity contribution in [2.24, 2.45) is 11.8 Å². The SMILES string of the molecule is CCC1CCC(NCC(C)CN(C)C(=O)OC(C)(C)C)CC1. The highest BCUT2D eigenvalue weighted by atomic mass is 16.6. The smallest absolute Gasteiger partial charge is 0.410 e. The monoisotopic (exact) mass is 312 g/mol. The van der Waals surface area contributed by atoms with Crippen LogP contribution in [0.25, 0.3) is 0 Å². The minimum Gasteiger partial charge on any atom is -0.444 e. The Kier molecular flexibility index (Phi) is 7.67. The third-order valence-corrected chi connectivity index (χ3v) is 4.47. The van der Waals surface area contributed by atoms with E-state index in [1.807, 2.05) is 27.8 Å². The number of ether oxygens (including phenoxy) is 1. The molecule has 0 radical (unpaired) electrons. The molecule has 1 aliphatic carbocycles. The molecule has 1 fully saturated rings. The van der Waals surface area contributed by atoms with Crippen molar-refractivity contribution in [1.29, 1.82) is 0 Å². The lowest BCUT2D eigenvalue weighted by Gasteiger charge is -2.30. The highest BCUT2D eigenvalue weighted by molar-refractivity contribution is 5.67. The molecule has 0 heterocycles. The van der Waals surface area contributed by atoms with Gasteiger partial charge in [0.1, 0.15) is 5.60 Å². The van der Waals surface area contributed by atoms with Gasteiger partial charge >= 0.3 is 6.09 Å². The fraction of sp³-hybridized carbons (Fsp3) is 0.944. The molecule has 0 aromatic heterocycles. The number of hydrogen-bond acceptors (Lipinski definition) is 3. The lowest BCUT2D eigenvalue weighted by Crippen LogP contribution is -2.41. The molecule has 1 saturated carbocycles. The molecule has 0 bridgehead atoms. The summed E-state index contributed by atoms with van der Waals surface area (Å²) in [6.45, 7) is 11.9. The Hall–Kier alpha value is -0.770. The Morgan fingerprint density at radius 1 is 1.27 bits per heavy atom. The van der Waals surface area contributed by atoms with Crippen molar-refractivity contribution < 1.29 is 9.53 Å². The van der Waals surface area contributed by atoms with Gasteiger partial charge < -0.3 is 15.0 Å². The van der Waals surface area contributed by atoms with Crippen molar-refractivity contribution in [3.8, 4) is 0 Å². The van der Waals surface area contributed by atoms with Gasteiger partial charge in [0.15, 0.2) is 0 Å². The van der Waals surface area contributed by atoms with E-state index in [4.69, 9.17) is 4.74 Å². The summed E-state index contributed by atoms with van der Waals surface area (Å²) < 4.78 is 5.39. The maximum atomic E-state index is 12.0. The van der Waals surface area contributed by atoms with E-state index in [0.717, 1.165) is 19.0 Å². The van der Waals surface area contributed by atoms with Crippen LogP contribution >= 0.6 is 0 Å². The van der Waals surface area contributed by atoms with Crippen molar-refractivity contribution in [1.82, 2.24) is 10.2 Å². The molecular weight excluding hydrogens is 276 g/mol. The van der Waals surface area contributed by atoms with Crippen LogP contribution in [0.2, 0.25) is 0 Å². The van der Waals surface area contributed by atoms with E-state index >= 15 is 0 Å². The van der Waals surface area contributed by atoms with Crippen molar-refractivity contribution in [3.05, 3.63) is 0 Å². The molecule has 0 saturated heterocycles. The van der Waals surface area contributed by atoms with Crippen molar-refractivity contribution >= 4 is 6.09 Å². The minimum absolute atomic E-state index is 0.234. The normalized spacial score (nSPS) is 23.9. The van der Waals surface area contributed by atoms with Gasteiger partial charge in [-0.1, -0.05) is 20.3 Å². The van der Waals surface area contributed by atoms with Gasteiger partial charge in [-0.05, 0) is 64.8 Å². The van der Waals surface area contributed by atoms with E-state index in [0.29, 0.717) is 12.0 Å². The van der Waals surface area contributed by atoms with E-state index in [1.165, 1.54) is 32.1 Å². The molecule has 0 aliphatic heterocycles. The molecule has 4 heteroatoms. The molecule has 0 aromatic rings. The third kappa shape index (κ3) is 7.48. The Morgan fingerprint density at radius 2 is 1.86 bits per heavy atom. The molecule has 1 amide bonds. The minimum atomic E-state index is -0.426. The summed E-state index contributed by atoms with van der Waals surface area (Å²) in [4.78, 5) is 13.6. The molecule has 130 valence electrons. The molecule has 1 N–H and O–H groups in total. The fourth-order valence-corrected chi connectivity index (χ4v) is 3.09. The van der Waals surface area contributed by atoms with Crippen LogP contribution in [0.4, 0.5) is 4.79 Å². The van der Waals surface area contributed by atoms with Gasteiger partial charge in [0.05, 0.1) is 0 Å². The molecule has 1 atom stereocenters. The maximum absolute atomic E-state index is 12.0. The first-order valence-electron chi connectivity index (χ1n) is 8.88. The summed E-state index contributed by atoms with van der Waals surface area (Å²) in [6, 6.07) is 0.664. The first-order valence-corrected chi connectivity index (χ1v) is 8.88. The third-order valence-electron chi connectivity index (χ3n) is 4.47. The highest BCUT2D eigenvalue weighted by Crippen LogP contribution is 2.26. The van der Waals surface area contributed by atoms with E-state index < -0.39 is 5.60 Å². The topological polar surface area (TPSA) is 41.6 Å². The van der Waals surface area contributed by atoms with Gasteiger partial charge in [-0.25, -0.2) is 4.79 Å². The predicted octanol–water partition coefficient (Wildman–Crippen LogP) is 4.05. The molecule has 4 nitrogen and oxygen atoms in total. The van der Waals surface area contributed by atoms with Gasteiger partial charge in [-0.15, -0.1) is 0 Å². The molecule has 22 heavy (non-hydrogen) atoms. The summed E-state index contributed by atoms with van der Waals surface area (Å²) in [5.74, 6) is 1.37. The van der Waals surface area contributed by atoms with Gasteiger partial charge in [-0.3, -0.25) is 0 Å². The summed E-state index contributed by atoms with van der Waals surface area (Å²) >= 11 is 0.